The second-order valence-corrected chi connectivity index (χ2v) is 4.21. The zero-order chi connectivity index (χ0) is 11.3. The maximum atomic E-state index is 11.4. The Hall–Kier alpha value is -0.650. The summed E-state index contributed by atoms with van der Waals surface area (Å²) in [5.41, 5.74) is 4.82. The molecule has 0 spiro atoms. The maximum absolute atomic E-state index is 11.4. The molecule has 1 aliphatic carbocycles. The predicted molar refractivity (Wildman–Crippen MR) is 56.3 cm³/mol. The van der Waals surface area contributed by atoms with Gasteiger partial charge in [0.2, 0.25) is 5.91 Å². The minimum Gasteiger partial charge on any atom is -0.388 e. The number of hydrogen-bond donors (Lipinski definition) is 3. The average molecular weight is 216 g/mol. The van der Waals surface area contributed by atoms with Crippen LogP contribution in [-0.4, -0.2) is 42.9 Å². The largest absolute Gasteiger partial charge is 0.388 e. The summed E-state index contributed by atoms with van der Waals surface area (Å²) in [7, 11) is 1.50. The lowest BCUT2D eigenvalue weighted by Crippen LogP contribution is -2.48. The number of nitrogens with one attached hydrogen (secondary N) is 1. The van der Waals surface area contributed by atoms with Gasteiger partial charge < -0.3 is 20.9 Å². The molecule has 1 fully saturated rings. The van der Waals surface area contributed by atoms with E-state index in [1.807, 2.05) is 0 Å². The van der Waals surface area contributed by atoms with Gasteiger partial charge >= 0.3 is 0 Å². The predicted octanol–water partition coefficient (Wildman–Crippen LogP) is -0.619. The van der Waals surface area contributed by atoms with Crippen LogP contribution in [-0.2, 0) is 9.53 Å². The maximum Gasteiger partial charge on any atom is 0.239 e. The van der Waals surface area contributed by atoms with Crippen molar-refractivity contribution in [1.29, 1.82) is 0 Å². The van der Waals surface area contributed by atoms with E-state index in [1.165, 1.54) is 7.11 Å². The van der Waals surface area contributed by atoms with Gasteiger partial charge in [0.1, 0.15) is 6.04 Å². The van der Waals surface area contributed by atoms with E-state index in [0.717, 1.165) is 25.7 Å². The van der Waals surface area contributed by atoms with Crippen molar-refractivity contribution in [2.75, 3.05) is 20.3 Å². The van der Waals surface area contributed by atoms with Gasteiger partial charge in [0.05, 0.1) is 12.2 Å². The van der Waals surface area contributed by atoms with Crippen LogP contribution in [0.5, 0.6) is 0 Å². The number of carbonyl (C=O) groups is 1. The van der Waals surface area contributed by atoms with Crippen LogP contribution in [0.3, 0.4) is 0 Å². The van der Waals surface area contributed by atoms with E-state index < -0.39 is 11.6 Å². The minimum atomic E-state index is -0.720. The van der Waals surface area contributed by atoms with Crippen molar-refractivity contribution in [3.05, 3.63) is 0 Å². The molecule has 1 atom stereocenters. The number of amides is 1. The fourth-order valence-electron chi connectivity index (χ4n) is 1.85. The molecule has 5 heteroatoms. The van der Waals surface area contributed by atoms with Gasteiger partial charge in [-0.25, -0.2) is 0 Å². The monoisotopic (exact) mass is 216 g/mol. The van der Waals surface area contributed by atoms with Crippen LogP contribution >= 0.6 is 0 Å². The molecule has 0 aromatic rings. The third-order valence-corrected chi connectivity index (χ3v) is 2.81. The Bertz CT molecular complexity index is 215. The van der Waals surface area contributed by atoms with Crippen molar-refractivity contribution >= 4 is 5.91 Å². The Balaban J connectivity index is 2.26. The van der Waals surface area contributed by atoms with Crippen molar-refractivity contribution in [3.8, 4) is 0 Å². The van der Waals surface area contributed by atoms with Gasteiger partial charge in [-0.1, -0.05) is 12.8 Å². The Labute approximate surface area is 90.0 Å². The van der Waals surface area contributed by atoms with Crippen LogP contribution in [0.15, 0.2) is 0 Å². The molecule has 1 rings (SSSR count). The summed E-state index contributed by atoms with van der Waals surface area (Å²) in [6.07, 6.45) is 3.56. The highest BCUT2D eigenvalue weighted by atomic mass is 16.5. The van der Waals surface area contributed by atoms with Gasteiger partial charge in [0, 0.05) is 13.7 Å². The number of methoxy groups -OCH3 is 1. The second-order valence-electron chi connectivity index (χ2n) is 4.21. The van der Waals surface area contributed by atoms with Crippen molar-refractivity contribution < 1.29 is 14.6 Å². The normalized spacial score (nSPS) is 21.3. The molecule has 1 unspecified atom stereocenters. The highest BCUT2D eigenvalue weighted by molar-refractivity contribution is 5.81. The van der Waals surface area contributed by atoms with Crippen LogP contribution < -0.4 is 11.1 Å². The van der Waals surface area contributed by atoms with Crippen LogP contribution in [0.25, 0.3) is 0 Å². The van der Waals surface area contributed by atoms with E-state index >= 15 is 0 Å². The number of hydrogen-bond acceptors (Lipinski definition) is 4. The molecule has 15 heavy (non-hydrogen) atoms. The van der Waals surface area contributed by atoms with Crippen molar-refractivity contribution in [3.63, 3.8) is 0 Å². The van der Waals surface area contributed by atoms with Gasteiger partial charge in [-0.3, -0.25) is 4.79 Å². The molecule has 1 amide bonds. The summed E-state index contributed by atoms with van der Waals surface area (Å²) in [6, 6.07) is -0.653. The summed E-state index contributed by atoms with van der Waals surface area (Å²) < 4.78 is 4.77. The van der Waals surface area contributed by atoms with Crippen LogP contribution in [0.4, 0.5) is 0 Å². The third-order valence-electron chi connectivity index (χ3n) is 2.81. The molecule has 0 aromatic heterocycles. The first-order valence-electron chi connectivity index (χ1n) is 5.32. The Kier molecular flexibility index (Phi) is 4.50. The fourth-order valence-corrected chi connectivity index (χ4v) is 1.85. The summed E-state index contributed by atoms with van der Waals surface area (Å²) in [5.74, 6) is -0.267. The van der Waals surface area contributed by atoms with E-state index in [1.54, 1.807) is 0 Å². The first-order valence-corrected chi connectivity index (χ1v) is 5.32. The van der Waals surface area contributed by atoms with Crippen molar-refractivity contribution in [2.45, 2.75) is 37.3 Å². The standard InChI is InChI=1S/C10H20N2O3/c1-15-6-8(11)9(13)12-7-10(14)4-2-3-5-10/h8,14H,2-7,11H2,1H3,(H,12,13). The van der Waals surface area contributed by atoms with Crippen molar-refractivity contribution in [2.24, 2.45) is 5.73 Å². The Morgan fingerprint density at radius 3 is 2.73 bits per heavy atom. The Morgan fingerprint density at radius 2 is 2.20 bits per heavy atom. The zero-order valence-electron chi connectivity index (χ0n) is 9.16. The summed E-state index contributed by atoms with van der Waals surface area (Å²) in [6.45, 7) is 0.494. The molecule has 5 nitrogen and oxygen atoms in total. The molecule has 4 N–H and O–H groups in total. The van der Waals surface area contributed by atoms with E-state index in [2.05, 4.69) is 5.32 Å². The molecule has 0 aliphatic heterocycles. The van der Waals surface area contributed by atoms with Gasteiger partial charge in [-0.15, -0.1) is 0 Å². The number of rotatable bonds is 5. The molecule has 88 valence electrons. The van der Waals surface area contributed by atoms with Crippen LogP contribution in [0, 0.1) is 0 Å². The number of carbonyl (C=O) groups excluding carboxylic acids is 1. The third kappa shape index (κ3) is 3.77. The molecular weight excluding hydrogens is 196 g/mol. The number of aliphatic hydroxyl groups is 1. The molecule has 1 saturated carbocycles. The lowest BCUT2D eigenvalue weighted by atomic mass is 10.0. The second kappa shape index (κ2) is 5.44. The SMILES string of the molecule is COCC(N)C(=O)NCC1(O)CCCC1. The highest BCUT2D eigenvalue weighted by Crippen LogP contribution is 2.28. The number of ether oxygens (including phenoxy) is 1. The van der Waals surface area contributed by atoms with Crippen molar-refractivity contribution in [1.82, 2.24) is 5.32 Å². The highest BCUT2D eigenvalue weighted by Gasteiger charge is 2.31. The zero-order valence-corrected chi connectivity index (χ0v) is 9.16. The molecule has 0 saturated heterocycles. The fraction of sp³-hybridized carbons (Fsp3) is 0.900. The Morgan fingerprint density at radius 1 is 1.60 bits per heavy atom. The van der Waals surface area contributed by atoms with E-state index in [0.29, 0.717) is 6.54 Å². The van der Waals surface area contributed by atoms with Gasteiger partial charge in [-0.2, -0.15) is 0 Å². The smallest absolute Gasteiger partial charge is 0.239 e. The van der Waals surface area contributed by atoms with Crippen LogP contribution in [0.1, 0.15) is 25.7 Å². The first-order chi connectivity index (χ1) is 7.07. The number of nitrogens with two attached hydrogens (primary N) is 1. The molecule has 0 heterocycles. The molecule has 0 radical (unpaired) electrons. The molecule has 0 bridgehead atoms. The van der Waals surface area contributed by atoms with Crippen LogP contribution in [0.2, 0.25) is 0 Å². The summed E-state index contributed by atoms with van der Waals surface area (Å²) >= 11 is 0. The molecular formula is C10H20N2O3. The van der Waals surface area contributed by atoms with Gasteiger partial charge in [-0.05, 0) is 12.8 Å². The molecule has 0 aromatic carbocycles. The summed E-state index contributed by atoms with van der Waals surface area (Å²) in [4.78, 5) is 11.4. The molecule has 1 aliphatic rings. The van der Waals surface area contributed by atoms with E-state index in [9.17, 15) is 9.90 Å². The first kappa shape index (κ1) is 12.4. The lowest BCUT2D eigenvalue weighted by Gasteiger charge is -2.23. The summed E-state index contributed by atoms with van der Waals surface area (Å²) in [5, 5.41) is 12.6. The minimum absolute atomic E-state index is 0.199. The lowest BCUT2D eigenvalue weighted by molar-refractivity contribution is -0.124. The van der Waals surface area contributed by atoms with Gasteiger partial charge in [0.25, 0.3) is 0 Å². The average Bonchev–Trinajstić information content (AvgIpc) is 2.63. The van der Waals surface area contributed by atoms with E-state index in [-0.39, 0.29) is 12.5 Å². The van der Waals surface area contributed by atoms with Gasteiger partial charge in [0.15, 0.2) is 0 Å². The quantitative estimate of drug-likeness (QED) is 0.572. The topological polar surface area (TPSA) is 84.6 Å². The van der Waals surface area contributed by atoms with E-state index in [4.69, 9.17) is 10.5 Å².